The molecule has 1 N–H and O–H groups in total. The van der Waals surface area contributed by atoms with E-state index in [-0.39, 0.29) is 15.2 Å². The Hall–Kier alpha value is -1.32. The molecule has 3 fully saturated rings. The molecule has 1 aromatic heterocycles. The zero-order valence-corrected chi connectivity index (χ0v) is 25.3. The molecule has 6 nitrogen and oxygen atoms in total. The van der Waals surface area contributed by atoms with Crippen LogP contribution in [0.3, 0.4) is 0 Å². The van der Waals surface area contributed by atoms with Crippen molar-refractivity contribution < 1.29 is 13.2 Å². The molecule has 0 radical (unpaired) electrons. The van der Waals surface area contributed by atoms with Gasteiger partial charge in [-0.05, 0) is 64.8 Å². The van der Waals surface area contributed by atoms with Gasteiger partial charge in [-0.3, -0.25) is 4.90 Å². The van der Waals surface area contributed by atoms with Crippen molar-refractivity contribution >= 4 is 21.4 Å². The van der Waals surface area contributed by atoms with Crippen molar-refractivity contribution in [3.05, 3.63) is 35.0 Å². The molecule has 0 amide bonds. The second-order valence-electron chi connectivity index (χ2n) is 12.9. The van der Waals surface area contributed by atoms with Gasteiger partial charge in [0.25, 0.3) is 10.0 Å². The van der Waals surface area contributed by atoms with Crippen LogP contribution in [0.15, 0.2) is 22.5 Å². The molecule has 1 aliphatic heterocycles. The van der Waals surface area contributed by atoms with Crippen molar-refractivity contribution in [2.45, 2.75) is 94.2 Å². The minimum absolute atomic E-state index is 0.0141. The Morgan fingerprint density at radius 3 is 2.47 bits per heavy atom. The van der Waals surface area contributed by atoms with Gasteiger partial charge in [-0.25, -0.2) is 18.1 Å². The van der Waals surface area contributed by atoms with Crippen molar-refractivity contribution in [2.24, 2.45) is 5.92 Å². The summed E-state index contributed by atoms with van der Waals surface area (Å²) < 4.78 is 35.3. The van der Waals surface area contributed by atoms with Crippen LogP contribution in [0.1, 0.15) is 89.5 Å². The second kappa shape index (κ2) is 11.3. The number of hydrogen-bond donors (Lipinski definition) is 1. The van der Waals surface area contributed by atoms with E-state index in [0.717, 1.165) is 35.6 Å². The maximum Gasteiger partial charge on any atom is 0.267 e. The molecule has 2 heterocycles. The normalized spacial score (nSPS) is 21.1. The molecule has 2 aliphatic carbocycles. The highest BCUT2D eigenvalue weighted by Gasteiger charge is 2.40. The predicted molar refractivity (Wildman–Crippen MR) is 156 cm³/mol. The van der Waals surface area contributed by atoms with Gasteiger partial charge in [-0.1, -0.05) is 65.9 Å². The highest BCUT2D eigenvalue weighted by molar-refractivity contribution is 7.91. The molecule has 0 bridgehead atoms. The van der Waals surface area contributed by atoms with Gasteiger partial charge in [0, 0.05) is 26.2 Å². The quantitative estimate of drug-likeness (QED) is 0.415. The monoisotopic (exact) mass is 559 g/mol. The van der Waals surface area contributed by atoms with Crippen LogP contribution >= 0.6 is 11.3 Å². The van der Waals surface area contributed by atoms with Crippen LogP contribution in [-0.4, -0.2) is 57.7 Å². The zero-order valence-electron chi connectivity index (χ0n) is 23.6. The average Bonchev–Trinajstić information content (AvgIpc) is 3.50. The molecule has 3 aliphatic rings. The summed E-state index contributed by atoms with van der Waals surface area (Å²) in [5.74, 6) is 0.584. The number of ether oxygens (including phenoxy) is 1. The number of thiazole rings is 1. The third kappa shape index (κ3) is 6.69. The van der Waals surface area contributed by atoms with Gasteiger partial charge in [0.1, 0.15) is 0 Å². The first-order chi connectivity index (χ1) is 18.0. The Balaban J connectivity index is 1.47. The molecule has 8 heteroatoms. The van der Waals surface area contributed by atoms with Crippen LogP contribution in [-0.2, 0) is 32.0 Å². The van der Waals surface area contributed by atoms with E-state index in [1.807, 2.05) is 0 Å². The number of nitrogens with zero attached hydrogens (tertiary/aromatic N) is 2. The van der Waals surface area contributed by atoms with Gasteiger partial charge in [-0.15, -0.1) is 11.3 Å². The van der Waals surface area contributed by atoms with Crippen LogP contribution in [0.2, 0.25) is 0 Å². The smallest absolute Gasteiger partial charge is 0.267 e. The summed E-state index contributed by atoms with van der Waals surface area (Å²) in [5, 5.41) is 0. The fourth-order valence-electron chi connectivity index (χ4n) is 5.71. The fourth-order valence-corrected chi connectivity index (χ4v) is 8.11. The minimum Gasteiger partial charge on any atom is -0.379 e. The Bertz CT molecular complexity index is 1190. The van der Waals surface area contributed by atoms with Gasteiger partial charge in [0.2, 0.25) is 4.34 Å². The Morgan fingerprint density at radius 2 is 1.82 bits per heavy atom. The third-order valence-corrected chi connectivity index (χ3v) is 11.7. The molecule has 0 atom stereocenters. The van der Waals surface area contributed by atoms with E-state index in [4.69, 9.17) is 9.72 Å². The van der Waals surface area contributed by atoms with Gasteiger partial charge in [0.15, 0.2) is 0 Å². The molecule has 1 aromatic carbocycles. The summed E-state index contributed by atoms with van der Waals surface area (Å²) in [6.07, 6.45) is 9.55. The molecule has 5 rings (SSSR count). The molecular formula is C30H45N3O3S2. The standard InChI is InChI=1S/C30H45N3O3S2/c1-29(2,3)24-19-23(20-25(21-24)30(4)10-11-30)27-26(18-22-8-6-5-7-9-22)32-28(37-27)38(34,35)31-12-13-33-14-16-36-17-15-33/h19-22,31H,5-18H2,1-4H3. The van der Waals surface area contributed by atoms with Crippen molar-refractivity contribution in [3.8, 4) is 10.4 Å². The predicted octanol–water partition coefficient (Wildman–Crippen LogP) is 5.89. The molecule has 2 aromatic rings. The lowest BCUT2D eigenvalue weighted by atomic mass is 9.82. The Kier molecular flexibility index (Phi) is 8.38. The first-order valence-corrected chi connectivity index (χ1v) is 16.8. The van der Waals surface area contributed by atoms with E-state index >= 15 is 0 Å². The van der Waals surface area contributed by atoms with E-state index in [0.29, 0.717) is 32.2 Å². The maximum absolute atomic E-state index is 13.4. The molecule has 0 spiro atoms. The van der Waals surface area contributed by atoms with E-state index in [9.17, 15) is 8.42 Å². The largest absolute Gasteiger partial charge is 0.379 e. The van der Waals surface area contributed by atoms with E-state index in [2.05, 4.69) is 55.5 Å². The summed E-state index contributed by atoms with van der Waals surface area (Å²) in [6, 6.07) is 6.99. The van der Waals surface area contributed by atoms with Crippen LogP contribution < -0.4 is 4.72 Å². The number of benzene rings is 1. The summed E-state index contributed by atoms with van der Waals surface area (Å²) in [7, 11) is -3.68. The number of nitrogens with one attached hydrogen (secondary N) is 1. The molecule has 2 saturated carbocycles. The highest BCUT2D eigenvalue weighted by Crippen LogP contribution is 2.50. The van der Waals surface area contributed by atoms with Crippen molar-refractivity contribution in [2.75, 3.05) is 39.4 Å². The maximum atomic E-state index is 13.4. The van der Waals surface area contributed by atoms with Crippen molar-refractivity contribution in [1.29, 1.82) is 0 Å². The van der Waals surface area contributed by atoms with E-state index in [1.54, 1.807) is 0 Å². The van der Waals surface area contributed by atoms with Crippen LogP contribution in [0.4, 0.5) is 0 Å². The van der Waals surface area contributed by atoms with Crippen molar-refractivity contribution in [1.82, 2.24) is 14.6 Å². The topological polar surface area (TPSA) is 71.5 Å². The lowest BCUT2D eigenvalue weighted by molar-refractivity contribution is 0.0390. The Labute approximate surface area is 233 Å². The summed E-state index contributed by atoms with van der Waals surface area (Å²) in [6.45, 7) is 13.3. The second-order valence-corrected chi connectivity index (χ2v) is 15.9. The van der Waals surface area contributed by atoms with Gasteiger partial charge < -0.3 is 4.74 Å². The molecule has 38 heavy (non-hydrogen) atoms. The highest BCUT2D eigenvalue weighted by atomic mass is 32.2. The number of aromatic nitrogens is 1. The molecular weight excluding hydrogens is 514 g/mol. The molecule has 0 unspecified atom stereocenters. The van der Waals surface area contributed by atoms with Gasteiger partial charge >= 0.3 is 0 Å². The van der Waals surface area contributed by atoms with E-state index < -0.39 is 10.0 Å². The third-order valence-electron chi connectivity index (χ3n) is 8.70. The number of sulfonamides is 1. The van der Waals surface area contributed by atoms with Gasteiger partial charge in [-0.2, -0.15) is 0 Å². The SMILES string of the molecule is CC(C)(C)c1cc(-c2sc(S(=O)(=O)NCCN3CCOCC3)nc2CC2CCCCC2)cc(C2(C)CC2)c1. The number of morpholine rings is 1. The minimum atomic E-state index is -3.68. The average molecular weight is 560 g/mol. The fraction of sp³-hybridized carbons (Fsp3) is 0.700. The van der Waals surface area contributed by atoms with Crippen molar-refractivity contribution in [3.63, 3.8) is 0 Å². The molecule has 1 saturated heterocycles. The molecule has 210 valence electrons. The van der Waals surface area contributed by atoms with Crippen LogP contribution in [0.5, 0.6) is 0 Å². The lowest BCUT2D eigenvalue weighted by Crippen LogP contribution is -2.41. The van der Waals surface area contributed by atoms with E-state index in [1.165, 1.54) is 67.4 Å². The Morgan fingerprint density at radius 1 is 1.11 bits per heavy atom. The zero-order chi connectivity index (χ0) is 27.0. The summed E-state index contributed by atoms with van der Waals surface area (Å²) >= 11 is 1.36. The van der Waals surface area contributed by atoms with Crippen LogP contribution in [0.25, 0.3) is 10.4 Å². The summed E-state index contributed by atoms with van der Waals surface area (Å²) in [5.41, 5.74) is 5.04. The first-order valence-electron chi connectivity index (χ1n) is 14.5. The van der Waals surface area contributed by atoms with Gasteiger partial charge in [0.05, 0.1) is 23.8 Å². The lowest BCUT2D eigenvalue weighted by Gasteiger charge is -2.26. The van der Waals surface area contributed by atoms with Crippen LogP contribution in [0, 0.1) is 5.92 Å². The number of rotatable bonds is 9. The first kappa shape index (κ1) is 28.2. The summed E-state index contributed by atoms with van der Waals surface area (Å²) in [4.78, 5) is 8.14. The number of hydrogen-bond acceptors (Lipinski definition) is 6.